The lowest BCUT2D eigenvalue weighted by atomic mass is 9.97. The van der Waals surface area contributed by atoms with E-state index in [2.05, 4.69) is 0 Å². The monoisotopic (exact) mass is 311 g/mol. The highest BCUT2D eigenvalue weighted by molar-refractivity contribution is 5.95. The van der Waals surface area contributed by atoms with Crippen LogP contribution in [0.1, 0.15) is 24.8 Å². The molecule has 1 unspecified atom stereocenters. The minimum atomic E-state index is -0.367. The highest BCUT2D eigenvalue weighted by atomic mass is 16.5. The fourth-order valence-corrected chi connectivity index (χ4v) is 2.35. The second-order valence-corrected chi connectivity index (χ2v) is 5.27. The van der Waals surface area contributed by atoms with Crippen LogP contribution in [0.4, 0.5) is 5.69 Å². The zero-order valence-corrected chi connectivity index (χ0v) is 13.4. The molecule has 2 rings (SSSR count). The summed E-state index contributed by atoms with van der Waals surface area (Å²) in [6, 6.07) is 18.7. The zero-order valence-electron chi connectivity index (χ0n) is 13.4. The van der Waals surface area contributed by atoms with E-state index in [1.165, 1.54) is 4.90 Å². The van der Waals surface area contributed by atoms with Crippen LogP contribution in [0.3, 0.4) is 0 Å². The van der Waals surface area contributed by atoms with Crippen LogP contribution < -0.4 is 4.90 Å². The number of ether oxygens (including phenoxy) is 1. The molecule has 0 aliphatic heterocycles. The number of nitrogens with zero attached hydrogens (tertiary/aromatic N) is 1. The van der Waals surface area contributed by atoms with Gasteiger partial charge < -0.3 is 9.64 Å². The Hall–Kier alpha value is -2.62. The van der Waals surface area contributed by atoms with Crippen LogP contribution in [0.25, 0.3) is 0 Å². The van der Waals surface area contributed by atoms with Gasteiger partial charge in [0.1, 0.15) is 0 Å². The summed E-state index contributed by atoms with van der Waals surface area (Å²) in [7, 11) is 1.67. The molecule has 0 saturated carbocycles. The molecule has 0 N–H and O–H groups in total. The number of hydrogen-bond acceptors (Lipinski definition) is 3. The van der Waals surface area contributed by atoms with Gasteiger partial charge >= 0.3 is 5.97 Å². The van der Waals surface area contributed by atoms with Gasteiger partial charge in [0.05, 0.1) is 5.92 Å². The number of carbonyl (C=O) groups excluding carboxylic acids is 2. The molecule has 0 fully saturated rings. The van der Waals surface area contributed by atoms with Gasteiger partial charge in [-0.1, -0.05) is 55.5 Å². The van der Waals surface area contributed by atoms with E-state index in [1.54, 1.807) is 7.05 Å². The number of para-hydroxylation sites is 1. The molecule has 2 aromatic carbocycles. The van der Waals surface area contributed by atoms with Crippen LogP contribution in [-0.2, 0) is 14.3 Å². The normalized spacial score (nSPS) is 11.6. The van der Waals surface area contributed by atoms with Crippen molar-refractivity contribution < 1.29 is 14.3 Å². The maximum atomic E-state index is 12.2. The van der Waals surface area contributed by atoms with Crippen molar-refractivity contribution in [2.24, 2.45) is 0 Å². The van der Waals surface area contributed by atoms with Crippen molar-refractivity contribution >= 4 is 17.6 Å². The average Bonchev–Trinajstić information content (AvgIpc) is 2.61. The van der Waals surface area contributed by atoms with Gasteiger partial charge in [0.2, 0.25) is 0 Å². The van der Waals surface area contributed by atoms with Gasteiger partial charge in [-0.25, -0.2) is 0 Å². The Morgan fingerprint density at radius 1 is 1.00 bits per heavy atom. The van der Waals surface area contributed by atoms with E-state index >= 15 is 0 Å². The van der Waals surface area contributed by atoms with Crippen molar-refractivity contribution in [1.29, 1.82) is 0 Å². The fraction of sp³-hybridized carbons (Fsp3) is 0.263. The van der Waals surface area contributed by atoms with Gasteiger partial charge in [0.25, 0.3) is 5.91 Å². The summed E-state index contributed by atoms with van der Waals surface area (Å²) >= 11 is 0. The highest BCUT2D eigenvalue weighted by Crippen LogP contribution is 2.21. The number of carbonyl (C=O) groups is 2. The molecule has 4 heteroatoms. The van der Waals surface area contributed by atoms with Gasteiger partial charge in [-0.05, 0) is 24.1 Å². The van der Waals surface area contributed by atoms with Crippen LogP contribution in [0.5, 0.6) is 0 Å². The third kappa shape index (κ3) is 4.42. The summed E-state index contributed by atoms with van der Waals surface area (Å²) in [5, 5.41) is 0. The number of anilines is 1. The van der Waals surface area contributed by atoms with Crippen molar-refractivity contribution in [2.45, 2.75) is 19.3 Å². The predicted molar refractivity (Wildman–Crippen MR) is 90.3 cm³/mol. The van der Waals surface area contributed by atoms with Gasteiger partial charge in [0.15, 0.2) is 6.61 Å². The third-order valence-electron chi connectivity index (χ3n) is 3.75. The second-order valence-electron chi connectivity index (χ2n) is 5.27. The van der Waals surface area contributed by atoms with E-state index in [0.29, 0.717) is 6.42 Å². The summed E-state index contributed by atoms with van der Waals surface area (Å²) in [4.78, 5) is 25.9. The molecular formula is C19H21NO3. The van der Waals surface area contributed by atoms with Crippen LogP contribution in [0, 0.1) is 0 Å². The lowest BCUT2D eigenvalue weighted by Crippen LogP contribution is -2.31. The molecule has 1 atom stereocenters. The van der Waals surface area contributed by atoms with Crippen LogP contribution >= 0.6 is 0 Å². The molecule has 0 bridgehead atoms. The summed E-state index contributed by atoms with van der Waals surface area (Å²) < 4.78 is 5.22. The molecule has 0 heterocycles. The van der Waals surface area contributed by atoms with Gasteiger partial charge in [-0.15, -0.1) is 0 Å². The van der Waals surface area contributed by atoms with E-state index < -0.39 is 0 Å². The number of esters is 1. The van der Waals surface area contributed by atoms with Gasteiger partial charge in [-0.2, -0.15) is 0 Å². The highest BCUT2D eigenvalue weighted by Gasteiger charge is 2.22. The molecule has 120 valence electrons. The molecule has 0 radical (unpaired) electrons. The van der Waals surface area contributed by atoms with E-state index in [9.17, 15) is 9.59 Å². The molecule has 1 amide bonds. The first-order chi connectivity index (χ1) is 11.1. The van der Waals surface area contributed by atoms with E-state index in [0.717, 1.165) is 11.3 Å². The van der Waals surface area contributed by atoms with E-state index in [1.807, 2.05) is 67.6 Å². The predicted octanol–water partition coefficient (Wildman–Crippen LogP) is 3.39. The number of hydrogen-bond donors (Lipinski definition) is 0. The van der Waals surface area contributed by atoms with Crippen molar-refractivity contribution in [2.75, 3.05) is 18.6 Å². The quantitative estimate of drug-likeness (QED) is 0.768. The van der Waals surface area contributed by atoms with Gasteiger partial charge in [-0.3, -0.25) is 9.59 Å². The number of rotatable bonds is 6. The molecule has 0 spiro atoms. The Bertz CT molecular complexity index is 640. The molecule has 0 saturated heterocycles. The smallest absolute Gasteiger partial charge is 0.313 e. The second kappa shape index (κ2) is 8.13. The Kier molecular flexibility index (Phi) is 5.92. The molecule has 0 aliphatic carbocycles. The molecule has 2 aromatic rings. The van der Waals surface area contributed by atoms with Crippen LogP contribution in [0.2, 0.25) is 0 Å². The minimum Gasteiger partial charge on any atom is -0.455 e. The number of benzene rings is 2. The maximum absolute atomic E-state index is 12.2. The zero-order chi connectivity index (χ0) is 16.7. The van der Waals surface area contributed by atoms with Crippen molar-refractivity contribution in [3.8, 4) is 0 Å². The Balaban J connectivity index is 1.94. The largest absolute Gasteiger partial charge is 0.455 e. The summed E-state index contributed by atoms with van der Waals surface area (Å²) in [5.41, 5.74) is 1.67. The lowest BCUT2D eigenvalue weighted by Gasteiger charge is -2.19. The van der Waals surface area contributed by atoms with E-state index in [-0.39, 0.29) is 24.4 Å². The standard InChI is InChI=1S/C19H21NO3/c1-3-17(15-10-6-4-7-11-15)19(22)23-14-18(21)20(2)16-12-8-5-9-13-16/h4-13,17H,3,14H2,1-2H3. The van der Waals surface area contributed by atoms with Crippen LogP contribution in [-0.4, -0.2) is 25.5 Å². The Morgan fingerprint density at radius 2 is 1.57 bits per heavy atom. The first-order valence-electron chi connectivity index (χ1n) is 7.66. The van der Waals surface area contributed by atoms with Crippen molar-refractivity contribution in [3.05, 3.63) is 66.2 Å². The summed E-state index contributed by atoms with van der Waals surface area (Å²) in [6.07, 6.45) is 0.631. The van der Waals surface area contributed by atoms with Crippen molar-refractivity contribution in [3.63, 3.8) is 0 Å². The fourth-order valence-electron chi connectivity index (χ4n) is 2.35. The molecule has 4 nitrogen and oxygen atoms in total. The van der Waals surface area contributed by atoms with E-state index in [4.69, 9.17) is 4.74 Å². The topological polar surface area (TPSA) is 46.6 Å². The SMILES string of the molecule is CCC(C(=O)OCC(=O)N(C)c1ccccc1)c1ccccc1. The average molecular weight is 311 g/mol. The number of likely N-dealkylation sites (N-methyl/N-ethyl adjacent to an activating group) is 1. The van der Waals surface area contributed by atoms with Gasteiger partial charge in [0, 0.05) is 12.7 Å². The third-order valence-corrected chi connectivity index (χ3v) is 3.75. The molecule has 0 aliphatic rings. The number of amides is 1. The van der Waals surface area contributed by atoms with Crippen LogP contribution in [0.15, 0.2) is 60.7 Å². The Labute approximate surface area is 136 Å². The maximum Gasteiger partial charge on any atom is 0.313 e. The molecular weight excluding hydrogens is 290 g/mol. The molecule has 0 aromatic heterocycles. The first kappa shape index (κ1) is 16.7. The summed E-state index contributed by atoms with van der Waals surface area (Å²) in [6.45, 7) is 1.67. The lowest BCUT2D eigenvalue weighted by molar-refractivity contribution is -0.149. The van der Waals surface area contributed by atoms with Crippen molar-refractivity contribution in [1.82, 2.24) is 0 Å². The molecule has 23 heavy (non-hydrogen) atoms. The summed E-state index contributed by atoms with van der Waals surface area (Å²) in [5.74, 6) is -0.966. The minimum absolute atomic E-state index is 0.256. The first-order valence-corrected chi connectivity index (χ1v) is 7.66. The Morgan fingerprint density at radius 3 is 2.13 bits per heavy atom.